The van der Waals surface area contributed by atoms with Crippen molar-refractivity contribution in [3.05, 3.63) is 76.6 Å². The molecule has 0 N–H and O–H groups in total. The maximum atomic E-state index is 13.8. The van der Waals surface area contributed by atoms with Crippen molar-refractivity contribution in [2.24, 2.45) is 4.99 Å². The first-order valence-corrected chi connectivity index (χ1v) is 12.2. The third-order valence-corrected chi connectivity index (χ3v) is 6.95. The molecule has 184 valence electrons. The van der Waals surface area contributed by atoms with E-state index >= 15 is 0 Å². The minimum atomic E-state index is -0.642. The molecule has 8 nitrogen and oxygen atoms in total. The van der Waals surface area contributed by atoms with Gasteiger partial charge >= 0.3 is 5.97 Å². The maximum Gasteiger partial charge on any atom is 0.326 e. The van der Waals surface area contributed by atoms with E-state index in [4.69, 9.17) is 18.9 Å². The quantitative estimate of drug-likeness (QED) is 0.355. The number of hydrogen-bond donors (Lipinski definition) is 0. The molecule has 2 heterocycles. The van der Waals surface area contributed by atoms with Crippen LogP contribution in [0.4, 0.5) is 0 Å². The normalized spacial score (nSPS) is 13.0. The van der Waals surface area contributed by atoms with Crippen LogP contribution < -0.4 is 19.0 Å². The van der Waals surface area contributed by atoms with Crippen LogP contribution >= 0.6 is 11.3 Å². The number of methoxy groups -OCH3 is 2. The molecule has 0 spiro atoms. The van der Waals surface area contributed by atoms with E-state index in [9.17, 15) is 9.59 Å². The van der Waals surface area contributed by atoms with E-state index in [1.807, 2.05) is 54.6 Å². The van der Waals surface area contributed by atoms with E-state index in [2.05, 4.69) is 4.99 Å². The Kier molecular flexibility index (Phi) is 6.47. The molecule has 0 radical (unpaired) electrons. The van der Waals surface area contributed by atoms with Crippen molar-refractivity contribution in [2.45, 2.75) is 19.4 Å². The number of rotatable bonds is 6. The van der Waals surface area contributed by atoms with E-state index < -0.39 is 11.9 Å². The molecule has 0 fully saturated rings. The Morgan fingerprint density at radius 2 is 1.58 bits per heavy atom. The van der Waals surface area contributed by atoms with Crippen molar-refractivity contribution in [3.63, 3.8) is 0 Å². The molecule has 0 aliphatic carbocycles. The molecule has 1 amide bonds. The van der Waals surface area contributed by atoms with Crippen LogP contribution in [0.25, 0.3) is 10.2 Å². The number of nitrogens with zero attached hydrogens (tertiary/aromatic N) is 2. The number of thiazole rings is 1. The highest BCUT2D eigenvalue weighted by molar-refractivity contribution is 7.16. The van der Waals surface area contributed by atoms with Crippen LogP contribution in [0.15, 0.2) is 65.7 Å². The lowest BCUT2D eigenvalue weighted by Crippen LogP contribution is -2.25. The minimum absolute atomic E-state index is 0.101. The van der Waals surface area contributed by atoms with E-state index in [1.165, 1.54) is 11.3 Å². The van der Waals surface area contributed by atoms with Gasteiger partial charge in [-0.2, -0.15) is 4.99 Å². The van der Waals surface area contributed by atoms with Gasteiger partial charge in [0, 0.05) is 23.3 Å². The van der Waals surface area contributed by atoms with Crippen LogP contribution in [0, 0.1) is 0 Å². The van der Waals surface area contributed by atoms with Crippen LogP contribution in [0.5, 0.6) is 23.0 Å². The summed E-state index contributed by atoms with van der Waals surface area (Å²) in [6, 6.07) is 18.5. The van der Waals surface area contributed by atoms with Crippen molar-refractivity contribution in [1.29, 1.82) is 0 Å². The van der Waals surface area contributed by atoms with Gasteiger partial charge in [0.15, 0.2) is 16.3 Å². The van der Waals surface area contributed by atoms with Gasteiger partial charge in [0.25, 0.3) is 5.91 Å². The molecule has 0 saturated carbocycles. The predicted molar refractivity (Wildman–Crippen MR) is 135 cm³/mol. The molecule has 1 aliphatic rings. The molecule has 4 aromatic rings. The van der Waals surface area contributed by atoms with E-state index in [0.717, 1.165) is 15.8 Å². The largest absolute Gasteiger partial charge is 0.493 e. The monoisotopic (exact) mass is 504 g/mol. The molecule has 0 bridgehead atoms. The minimum Gasteiger partial charge on any atom is -0.493 e. The number of amides is 1. The molecule has 3 aromatic carbocycles. The van der Waals surface area contributed by atoms with Gasteiger partial charge in [-0.1, -0.05) is 47.7 Å². The van der Waals surface area contributed by atoms with Gasteiger partial charge in [0.1, 0.15) is 18.0 Å². The molecular weight excluding hydrogens is 480 g/mol. The number of para-hydroxylation sites is 2. The topological polar surface area (TPSA) is 88.4 Å². The maximum absolute atomic E-state index is 13.8. The first-order chi connectivity index (χ1) is 17.5. The number of carbonyl (C=O) groups is 2. The fraction of sp³-hybridized carbons (Fsp3) is 0.222. The zero-order chi connectivity index (χ0) is 25.2. The lowest BCUT2D eigenvalue weighted by atomic mass is 9.87. The third-order valence-electron chi connectivity index (χ3n) is 5.91. The Bertz CT molecular complexity index is 1490. The zero-order valence-corrected chi connectivity index (χ0v) is 20.8. The summed E-state index contributed by atoms with van der Waals surface area (Å²) >= 11 is 1.29. The molecule has 0 atom stereocenters. The van der Waals surface area contributed by atoms with Gasteiger partial charge in [-0.05, 0) is 19.1 Å². The van der Waals surface area contributed by atoms with Crippen LogP contribution in [0.3, 0.4) is 0 Å². The second-order valence-corrected chi connectivity index (χ2v) is 9.02. The number of ether oxygens (including phenoxy) is 4. The Morgan fingerprint density at radius 3 is 2.19 bits per heavy atom. The highest BCUT2D eigenvalue weighted by atomic mass is 32.1. The summed E-state index contributed by atoms with van der Waals surface area (Å²) in [5.41, 5.74) is 2.17. The average molecular weight is 505 g/mol. The molecule has 0 saturated heterocycles. The van der Waals surface area contributed by atoms with Crippen molar-refractivity contribution in [3.8, 4) is 23.0 Å². The van der Waals surface area contributed by atoms with Crippen LogP contribution in [-0.2, 0) is 20.9 Å². The van der Waals surface area contributed by atoms with Crippen LogP contribution in [0.2, 0.25) is 0 Å². The summed E-state index contributed by atoms with van der Waals surface area (Å²) in [5, 5.41) is 0. The second-order valence-electron chi connectivity index (χ2n) is 8.01. The second kappa shape index (κ2) is 9.87. The summed E-state index contributed by atoms with van der Waals surface area (Å²) in [7, 11) is 3.10. The molecule has 9 heteroatoms. The molecule has 0 unspecified atom stereocenters. The van der Waals surface area contributed by atoms with Gasteiger partial charge in [-0.3, -0.25) is 9.59 Å². The van der Waals surface area contributed by atoms with Gasteiger partial charge < -0.3 is 23.5 Å². The zero-order valence-electron chi connectivity index (χ0n) is 20.0. The average Bonchev–Trinajstić information content (AvgIpc) is 3.21. The molecule has 1 aromatic heterocycles. The number of aromatic nitrogens is 1. The van der Waals surface area contributed by atoms with Crippen LogP contribution in [0.1, 0.15) is 24.0 Å². The summed E-state index contributed by atoms with van der Waals surface area (Å²) < 4.78 is 24.6. The summed E-state index contributed by atoms with van der Waals surface area (Å²) in [6.07, 6.45) is 0. The fourth-order valence-electron chi connectivity index (χ4n) is 4.31. The van der Waals surface area contributed by atoms with Gasteiger partial charge in [0.05, 0.1) is 37.0 Å². The summed E-state index contributed by atoms with van der Waals surface area (Å²) in [4.78, 5) is 31.2. The first-order valence-electron chi connectivity index (χ1n) is 11.4. The Hall–Kier alpha value is -4.11. The molecule has 1 aliphatic heterocycles. The highest BCUT2D eigenvalue weighted by Crippen LogP contribution is 2.44. The Balaban J connectivity index is 1.68. The van der Waals surface area contributed by atoms with Gasteiger partial charge in [0.2, 0.25) is 0 Å². The van der Waals surface area contributed by atoms with Gasteiger partial charge in [-0.25, -0.2) is 0 Å². The predicted octanol–water partition coefficient (Wildman–Crippen LogP) is 4.65. The highest BCUT2D eigenvalue weighted by Gasteiger charge is 2.32. The lowest BCUT2D eigenvalue weighted by Gasteiger charge is -2.25. The Labute approximate surface area is 211 Å². The summed E-state index contributed by atoms with van der Waals surface area (Å²) in [5.74, 6) is 0.857. The molecular formula is C27H24N2O6S. The van der Waals surface area contributed by atoms with Crippen molar-refractivity contribution in [2.75, 3.05) is 20.8 Å². The lowest BCUT2D eigenvalue weighted by molar-refractivity contribution is -0.143. The number of benzene rings is 3. The van der Waals surface area contributed by atoms with E-state index in [1.54, 1.807) is 31.8 Å². The standard InChI is InChI=1S/C27H24N2O6S/c1-4-34-24(30)15-29-18-13-21(32-2)22(33-3)14-23(18)36-27(29)28-26(31)25-16-9-5-7-11-19(16)35-20-12-8-6-10-17(20)25/h5-14,25H,4,15H2,1-3H3. The van der Waals surface area contributed by atoms with Crippen molar-refractivity contribution < 1.29 is 28.5 Å². The number of hydrogen-bond acceptors (Lipinski definition) is 7. The SMILES string of the molecule is CCOC(=O)Cn1c(=NC(=O)C2c3ccccc3Oc3ccccc32)sc2cc(OC)c(OC)cc21. The summed E-state index contributed by atoms with van der Waals surface area (Å²) in [6.45, 7) is 1.90. The third kappa shape index (κ3) is 4.22. The molecule has 5 rings (SSSR count). The molecule has 36 heavy (non-hydrogen) atoms. The van der Waals surface area contributed by atoms with E-state index in [0.29, 0.717) is 33.3 Å². The number of carbonyl (C=O) groups excluding carboxylic acids is 2. The number of fused-ring (bicyclic) bond motifs is 3. The van der Waals surface area contributed by atoms with E-state index in [-0.39, 0.29) is 19.1 Å². The smallest absolute Gasteiger partial charge is 0.326 e. The fourth-order valence-corrected chi connectivity index (χ4v) is 5.35. The first kappa shape index (κ1) is 23.6. The van der Waals surface area contributed by atoms with Crippen molar-refractivity contribution >= 4 is 33.4 Å². The number of esters is 1. The van der Waals surface area contributed by atoms with Crippen LogP contribution in [-0.4, -0.2) is 37.3 Å². The van der Waals surface area contributed by atoms with Gasteiger partial charge in [-0.15, -0.1) is 0 Å². The van der Waals surface area contributed by atoms with Crippen molar-refractivity contribution in [1.82, 2.24) is 4.57 Å². The Morgan fingerprint density at radius 1 is 0.972 bits per heavy atom.